The number of likely N-dealkylation sites (N-methyl/N-ethyl adjacent to an activating group) is 1. The summed E-state index contributed by atoms with van der Waals surface area (Å²) in [7, 11) is 3.08. The number of nitrogens with two attached hydrogens (primary N) is 1. The third-order valence-corrected chi connectivity index (χ3v) is 9.05. The van der Waals surface area contributed by atoms with Crippen molar-refractivity contribution in [3.05, 3.63) is 27.8 Å². The van der Waals surface area contributed by atoms with Crippen molar-refractivity contribution in [2.75, 3.05) is 27.3 Å². The highest BCUT2D eigenvalue weighted by Crippen LogP contribution is 2.51. The van der Waals surface area contributed by atoms with Crippen LogP contribution in [0.2, 0.25) is 5.02 Å². The van der Waals surface area contributed by atoms with Gasteiger partial charge in [-0.2, -0.15) is 0 Å². The van der Waals surface area contributed by atoms with Gasteiger partial charge < -0.3 is 26.0 Å². The molecule has 5 N–H and O–H groups in total. The van der Waals surface area contributed by atoms with E-state index >= 15 is 0 Å². The topological polar surface area (TPSA) is 176 Å². The monoisotopic (exact) mass is 547 g/mol. The average Bonchev–Trinajstić information content (AvgIpc) is 3.36. The van der Waals surface area contributed by atoms with Crippen LogP contribution < -0.4 is 11.1 Å². The number of ketones is 4. The van der Waals surface area contributed by atoms with Crippen molar-refractivity contribution in [2.24, 2.45) is 29.4 Å². The van der Waals surface area contributed by atoms with Crippen LogP contribution in [0.3, 0.4) is 0 Å². The van der Waals surface area contributed by atoms with Gasteiger partial charge in [0.1, 0.15) is 5.75 Å². The number of carbonyl (C=O) groups is 5. The Morgan fingerprint density at radius 2 is 1.97 bits per heavy atom. The van der Waals surface area contributed by atoms with Crippen molar-refractivity contribution < 1.29 is 38.9 Å². The van der Waals surface area contributed by atoms with E-state index in [1.807, 2.05) is 0 Å². The first kappa shape index (κ1) is 26.9. The summed E-state index contributed by atoms with van der Waals surface area (Å²) in [5.74, 6) is -10.8. The van der Waals surface area contributed by atoms with Gasteiger partial charge >= 0.3 is 0 Å². The minimum Gasteiger partial charge on any atom is -0.507 e. The zero-order chi connectivity index (χ0) is 27.7. The fourth-order valence-corrected chi connectivity index (χ4v) is 7.08. The molecule has 11 nitrogen and oxygen atoms in total. The van der Waals surface area contributed by atoms with E-state index < -0.39 is 64.4 Å². The summed E-state index contributed by atoms with van der Waals surface area (Å²) in [5.41, 5.74) is 3.43. The lowest BCUT2D eigenvalue weighted by molar-refractivity contribution is -0.181. The van der Waals surface area contributed by atoms with E-state index in [-0.39, 0.29) is 35.2 Å². The van der Waals surface area contributed by atoms with Crippen molar-refractivity contribution in [3.63, 3.8) is 0 Å². The lowest BCUT2D eigenvalue weighted by Gasteiger charge is -2.52. The maximum Gasteiger partial charge on any atom is 0.235 e. The summed E-state index contributed by atoms with van der Waals surface area (Å²) in [5, 5.41) is 26.0. The molecule has 1 aliphatic heterocycles. The van der Waals surface area contributed by atoms with Gasteiger partial charge in [0.15, 0.2) is 34.7 Å². The molecule has 2 unspecified atom stereocenters. The van der Waals surface area contributed by atoms with Crippen molar-refractivity contribution in [2.45, 2.75) is 43.5 Å². The molecule has 1 aromatic rings. The van der Waals surface area contributed by atoms with Gasteiger partial charge in [0.05, 0.1) is 24.1 Å². The van der Waals surface area contributed by atoms with Crippen molar-refractivity contribution in [1.29, 1.82) is 0 Å². The molecule has 38 heavy (non-hydrogen) atoms. The van der Waals surface area contributed by atoms with Gasteiger partial charge in [0.25, 0.3) is 0 Å². The van der Waals surface area contributed by atoms with E-state index in [9.17, 15) is 34.2 Å². The summed E-state index contributed by atoms with van der Waals surface area (Å²) in [6.45, 7) is 1.54. The first-order valence-corrected chi connectivity index (χ1v) is 13.0. The Morgan fingerprint density at radius 3 is 2.58 bits per heavy atom. The summed E-state index contributed by atoms with van der Waals surface area (Å²) >= 11 is 6.72. The van der Waals surface area contributed by atoms with Gasteiger partial charge in [-0.15, -0.1) is 0 Å². The molecule has 7 atom stereocenters. The molecule has 0 aromatic heterocycles. The van der Waals surface area contributed by atoms with Crippen LogP contribution >= 0.6 is 11.6 Å². The SMILES string of the molecule is CN(C)[C@@H]1C(=O)C(C(N)=O)C(=O)[C@@]2(O)C(=O)C3C(=O)c4c(O)cc(CN[C@@H]5CCOC5)c(Cl)c4C[C@H]3C[C@@H]12. The quantitative estimate of drug-likeness (QED) is 0.348. The van der Waals surface area contributed by atoms with E-state index in [0.717, 1.165) is 6.42 Å². The predicted molar refractivity (Wildman–Crippen MR) is 132 cm³/mol. The van der Waals surface area contributed by atoms with Crippen LogP contribution in [0, 0.1) is 23.7 Å². The number of primary amides is 1. The van der Waals surface area contributed by atoms with E-state index in [1.54, 1.807) is 0 Å². The molecule has 12 heteroatoms. The Morgan fingerprint density at radius 1 is 1.26 bits per heavy atom. The molecule has 1 heterocycles. The second-order valence-electron chi connectivity index (χ2n) is 11.0. The number of hydrogen-bond acceptors (Lipinski definition) is 10. The standard InChI is InChI=1S/C26H30ClN3O8/c1-30(2)20-14-6-10-5-13-17(15(31)7-11(19(13)27)8-29-12-3-4-38-9-12)21(32)16(10)23(34)26(14,37)24(35)18(22(20)33)25(28)36/h7,10,12,14,16,18,20,29,31,37H,3-6,8-9H2,1-2H3,(H2,28,36)/t10-,12+,14-,16?,18?,20-,26-/m0/s1. The minimum atomic E-state index is -2.75. The van der Waals surface area contributed by atoms with Gasteiger partial charge in [-0.25, -0.2) is 0 Å². The number of rotatable bonds is 5. The first-order valence-electron chi connectivity index (χ1n) is 12.6. The van der Waals surface area contributed by atoms with Gasteiger partial charge in [0, 0.05) is 30.1 Å². The number of nitrogens with zero attached hydrogens (tertiary/aromatic N) is 1. The van der Waals surface area contributed by atoms with E-state index in [4.69, 9.17) is 22.1 Å². The maximum absolute atomic E-state index is 13.8. The van der Waals surface area contributed by atoms with Crippen molar-refractivity contribution in [1.82, 2.24) is 10.2 Å². The number of ether oxygens (including phenoxy) is 1. The number of nitrogens with one attached hydrogen (secondary N) is 1. The van der Waals surface area contributed by atoms with Gasteiger partial charge in [-0.05, 0) is 56.5 Å². The van der Waals surface area contributed by atoms with Crippen LogP contribution in [0.15, 0.2) is 6.07 Å². The summed E-state index contributed by atoms with van der Waals surface area (Å²) in [6, 6.07) is 0.366. The van der Waals surface area contributed by atoms with Crippen LogP contribution in [0.4, 0.5) is 0 Å². The van der Waals surface area contributed by atoms with Crippen LogP contribution in [0.5, 0.6) is 5.75 Å². The van der Waals surface area contributed by atoms with Crippen molar-refractivity contribution >= 4 is 40.6 Å². The molecule has 2 saturated carbocycles. The van der Waals surface area contributed by atoms with E-state index in [2.05, 4.69) is 5.32 Å². The largest absolute Gasteiger partial charge is 0.507 e. The Bertz CT molecular complexity index is 1260. The van der Waals surface area contributed by atoms with Crippen LogP contribution in [-0.2, 0) is 36.9 Å². The number of aromatic hydroxyl groups is 1. The number of amides is 1. The molecule has 3 aliphatic carbocycles. The van der Waals surface area contributed by atoms with Crippen LogP contribution in [0.1, 0.15) is 34.3 Å². The smallest absolute Gasteiger partial charge is 0.235 e. The lowest BCUT2D eigenvalue weighted by Crippen LogP contribution is -2.74. The predicted octanol–water partition coefficient (Wildman–Crippen LogP) is -0.601. The Labute approximate surface area is 223 Å². The van der Waals surface area contributed by atoms with E-state index in [1.165, 1.54) is 25.1 Å². The number of Topliss-reactive ketones (excluding diaryl/α,β-unsaturated/α-hetero) is 4. The lowest BCUT2D eigenvalue weighted by atomic mass is 9.52. The zero-order valence-electron chi connectivity index (χ0n) is 21.0. The molecule has 1 saturated heterocycles. The number of phenolic OH excluding ortho intramolecular Hbond substituents is 1. The van der Waals surface area contributed by atoms with Gasteiger partial charge in [-0.3, -0.25) is 28.9 Å². The normalized spacial score (nSPS) is 34.8. The third-order valence-electron chi connectivity index (χ3n) is 8.58. The second-order valence-corrected chi connectivity index (χ2v) is 11.3. The fraction of sp³-hybridized carbons (Fsp3) is 0.577. The highest BCUT2D eigenvalue weighted by Gasteiger charge is 2.69. The molecular weight excluding hydrogens is 518 g/mol. The van der Waals surface area contributed by atoms with Crippen molar-refractivity contribution in [3.8, 4) is 5.75 Å². The number of hydrogen-bond donors (Lipinski definition) is 4. The van der Waals surface area contributed by atoms with E-state index in [0.29, 0.717) is 30.9 Å². The number of carbonyl (C=O) groups excluding carboxylic acids is 5. The van der Waals surface area contributed by atoms with Crippen LogP contribution in [0.25, 0.3) is 0 Å². The molecule has 5 rings (SSSR count). The molecule has 3 fully saturated rings. The number of phenols is 1. The van der Waals surface area contributed by atoms with Crippen LogP contribution in [-0.4, -0.2) is 89.1 Å². The molecule has 0 radical (unpaired) electrons. The Hall–Kier alpha value is -2.70. The molecular formula is C26H30ClN3O8. The average molecular weight is 548 g/mol. The molecule has 0 bridgehead atoms. The second kappa shape index (κ2) is 9.49. The maximum atomic E-state index is 13.8. The highest BCUT2D eigenvalue weighted by molar-refractivity contribution is 6.34. The number of aliphatic hydroxyl groups is 1. The number of fused-ring (bicyclic) bond motifs is 3. The number of halogens is 1. The molecule has 4 aliphatic rings. The van der Waals surface area contributed by atoms with Gasteiger partial charge in [0.2, 0.25) is 5.91 Å². The summed E-state index contributed by atoms with van der Waals surface area (Å²) in [4.78, 5) is 67.4. The van der Waals surface area contributed by atoms with Gasteiger partial charge in [-0.1, -0.05) is 11.6 Å². The highest BCUT2D eigenvalue weighted by atomic mass is 35.5. The summed E-state index contributed by atoms with van der Waals surface area (Å²) in [6.07, 6.45) is 0.936. The first-order chi connectivity index (χ1) is 17.9. The molecule has 204 valence electrons. The third kappa shape index (κ3) is 3.83. The minimum absolute atomic E-state index is 0.0249. The zero-order valence-corrected chi connectivity index (χ0v) is 21.8. The molecule has 0 spiro atoms. The summed E-state index contributed by atoms with van der Waals surface area (Å²) < 4.78 is 5.37. The molecule has 1 aromatic carbocycles. The number of benzene rings is 1. The molecule has 1 amide bonds. The Balaban J connectivity index is 1.54. The Kier molecular flexibility index (Phi) is 6.72. The fourth-order valence-electron chi connectivity index (χ4n) is 6.79.